The van der Waals surface area contributed by atoms with Crippen LogP contribution in [0.4, 0.5) is 0 Å². The van der Waals surface area contributed by atoms with Crippen molar-refractivity contribution in [1.29, 1.82) is 5.26 Å². The van der Waals surface area contributed by atoms with Crippen LogP contribution in [0.2, 0.25) is 0 Å². The Morgan fingerprint density at radius 2 is 2.21 bits per heavy atom. The average Bonchev–Trinajstić information content (AvgIpc) is 2.43. The Bertz CT molecular complexity index is 448. The predicted octanol–water partition coefficient (Wildman–Crippen LogP) is -0.173. The molecule has 102 valence electrons. The summed E-state index contributed by atoms with van der Waals surface area (Å²) in [5, 5.41) is 27.0. The molecule has 0 fully saturated rings. The van der Waals surface area contributed by atoms with Crippen LogP contribution in [0.3, 0.4) is 0 Å². The normalized spacial score (nSPS) is 11.7. The van der Waals surface area contributed by atoms with E-state index in [2.05, 4.69) is 4.98 Å². The first-order valence-corrected chi connectivity index (χ1v) is 6.05. The Morgan fingerprint density at radius 1 is 1.47 bits per heavy atom. The van der Waals surface area contributed by atoms with Crippen LogP contribution in [0, 0.1) is 11.3 Å². The Labute approximate surface area is 112 Å². The molecule has 19 heavy (non-hydrogen) atoms. The zero-order valence-electron chi connectivity index (χ0n) is 11.0. The van der Waals surface area contributed by atoms with Gasteiger partial charge in [-0.1, -0.05) is 6.92 Å². The van der Waals surface area contributed by atoms with Crippen LogP contribution in [0.5, 0.6) is 5.75 Å². The molecule has 2 N–H and O–H groups in total. The summed E-state index contributed by atoms with van der Waals surface area (Å²) in [5.74, 6) is 0.342. The highest BCUT2D eigenvalue weighted by atomic mass is 16.5. The molecule has 1 aromatic rings. The summed E-state index contributed by atoms with van der Waals surface area (Å²) < 4.78 is 10.7. The SMILES string of the molecule is CCC(CCOC)Oc1ccc(B(O)O)nc1C#N. The Hall–Kier alpha value is -1.62. The van der Waals surface area contributed by atoms with Crippen LogP contribution in [-0.2, 0) is 4.74 Å². The lowest BCUT2D eigenvalue weighted by molar-refractivity contribution is 0.122. The molecule has 1 atom stereocenters. The molecule has 0 bridgehead atoms. The van der Waals surface area contributed by atoms with Crippen LogP contribution in [0.15, 0.2) is 12.1 Å². The minimum atomic E-state index is -1.70. The predicted molar refractivity (Wildman–Crippen MR) is 70.0 cm³/mol. The van der Waals surface area contributed by atoms with Gasteiger partial charge in [-0.3, -0.25) is 0 Å². The quantitative estimate of drug-likeness (QED) is 0.663. The van der Waals surface area contributed by atoms with E-state index in [4.69, 9.17) is 24.8 Å². The largest absolute Gasteiger partial charge is 0.508 e. The van der Waals surface area contributed by atoms with E-state index in [1.165, 1.54) is 12.1 Å². The second kappa shape index (κ2) is 7.74. The van der Waals surface area contributed by atoms with E-state index in [0.29, 0.717) is 18.8 Å². The molecule has 1 rings (SSSR count). The van der Waals surface area contributed by atoms with Crippen molar-refractivity contribution in [3.63, 3.8) is 0 Å². The molecule has 1 unspecified atom stereocenters. The number of hydrogen-bond acceptors (Lipinski definition) is 6. The van der Waals surface area contributed by atoms with Crippen molar-refractivity contribution in [2.45, 2.75) is 25.9 Å². The van der Waals surface area contributed by atoms with Gasteiger partial charge in [0.25, 0.3) is 0 Å². The van der Waals surface area contributed by atoms with E-state index in [1.54, 1.807) is 7.11 Å². The van der Waals surface area contributed by atoms with Crippen molar-refractivity contribution in [1.82, 2.24) is 4.98 Å². The summed E-state index contributed by atoms with van der Waals surface area (Å²) in [4.78, 5) is 3.84. The molecule has 7 heteroatoms. The lowest BCUT2D eigenvalue weighted by Gasteiger charge is -2.17. The molecule has 0 saturated carbocycles. The summed E-state index contributed by atoms with van der Waals surface area (Å²) in [6, 6.07) is 4.83. The van der Waals surface area contributed by atoms with Gasteiger partial charge in [0.2, 0.25) is 0 Å². The molecular formula is C12H17BN2O4. The number of ether oxygens (including phenoxy) is 2. The maximum atomic E-state index is 9.01. The second-order valence-corrected chi connectivity index (χ2v) is 4.00. The van der Waals surface area contributed by atoms with Gasteiger partial charge in [-0.2, -0.15) is 5.26 Å². The monoisotopic (exact) mass is 264 g/mol. The lowest BCUT2D eigenvalue weighted by Crippen LogP contribution is -2.33. The first kappa shape index (κ1) is 15.4. The molecule has 0 spiro atoms. The van der Waals surface area contributed by atoms with Crippen LogP contribution in [0.1, 0.15) is 25.5 Å². The third kappa shape index (κ3) is 4.52. The molecule has 0 aliphatic carbocycles. The van der Waals surface area contributed by atoms with E-state index in [-0.39, 0.29) is 17.4 Å². The molecule has 1 heterocycles. The molecule has 6 nitrogen and oxygen atoms in total. The first-order valence-electron chi connectivity index (χ1n) is 6.05. The highest BCUT2D eigenvalue weighted by Crippen LogP contribution is 2.17. The maximum absolute atomic E-state index is 9.01. The van der Waals surface area contributed by atoms with Crippen LogP contribution in [-0.4, -0.2) is 42.0 Å². The van der Waals surface area contributed by atoms with E-state index in [0.717, 1.165) is 6.42 Å². The molecule has 0 aliphatic rings. The molecule has 0 saturated heterocycles. The summed E-state index contributed by atoms with van der Waals surface area (Å²) in [6.45, 7) is 2.55. The summed E-state index contributed by atoms with van der Waals surface area (Å²) >= 11 is 0. The number of aromatic nitrogens is 1. The third-order valence-electron chi connectivity index (χ3n) is 2.64. The van der Waals surface area contributed by atoms with Gasteiger partial charge in [-0.05, 0) is 18.6 Å². The van der Waals surface area contributed by atoms with Gasteiger partial charge in [-0.25, -0.2) is 4.98 Å². The van der Waals surface area contributed by atoms with E-state index in [9.17, 15) is 0 Å². The van der Waals surface area contributed by atoms with Gasteiger partial charge in [0, 0.05) is 20.1 Å². The molecule has 0 aromatic carbocycles. The number of nitrogens with zero attached hydrogens (tertiary/aromatic N) is 2. The minimum absolute atomic E-state index is 0.0221. The fraction of sp³-hybridized carbons (Fsp3) is 0.500. The summed E-state index contributed by atoms with van der Waals surface area (Å²) in [7, 11) is -0.0801. The van der Waals surface area contributed by atoms with Crippen molar-refractivity contribution in [2.75, 3.05) is 13.7 Å². The third-order valence-corrected chi connectivity index (χ3v) is 2.64. The zero-order valence-corrected chi connectivity index (χ0v) is 11.0. The number of methoxy groups -OCH3 is 1. The van der Waals surface area contributed by atoms with Gasteiger partial charge in [0.1, 0.15) is 12.2 Å². The fourth-order valence-corrected chi connectivity index (χ4v) is 1.56. The van der Waals surface area contributed by atoms with Gasteiger partial charge in [0.15, 0.2) is 11.4 Å². The number of rotatable bonds is 7. The number of nitriles is 1. The number of hydrogen-bond donors (Lipinski definition) is 2. The van der Waals surface area contributed by atoms with Gasteiger partial charge in [-0.15, -0.1) is 0 Å². The molecule has 0 aliphatic heterocycles. The van der Waals surface area contributed by atoms with Crippen molar-refractivity contribution < 1.29 is 19.5 Å². The van der Waals surface area contributed by atoms with E-state index < -0.39 is 7.12 Å². The summed E-state index contributed by atoms with van der Waals surface area (Å²) in [5.41, 5.74) is 0.0651. The molecule has 0 amide bonds. The highest BCUT2D eigenvalue weighted by Gasteiger charge is 2.17. The standard InChI is InChI=1S/C12H17BN2O4/c1-3-9(6-7-18-2)19-11-4-5-12(13(16)17)15-10(11)8-14/h4-5,9,16-17H,3,6-7H2,1-2H3. The fourth-order valence-electron chi connectivity index (χ4n) is 1.56. The van der Waals surface area contributed by atoms with Crippen LogP contribution >= 0.6 is 0 Å². The van der Waals surface area contributed by atoms with Crippen molar-refractivity contribution in [3.05, 3.63) is 17.8 Å². The summed E-state index contributed by atoms with van der Waals surface area (Å²) in [6.07, 6.45) is 1.42. The molecule has 1 aromatic heterocycles. The first-order chi connectivity index (χ1) is 9.12. The second-order valence-electron chi connectivity index (χ2n) is 4.00. The average molecular weight is 264 g/mol. The van der Waals surface area contributed by atoms with Gasteiger partial charge < -0.3 is 19.5 Å². The van der Waals surface area contributed by atoms with Crippen molar-refractivity contribution in [3.8, 4) is 11.8 Å². The van der Waals surface area contributed by atoms with Gasteiger partial charge >= 0.3 is 7.12 Å². The lowest BCUT2D eigenvalue weighted by atomic mass is 9.85. The highest BCUT2D eigenvalue weighted by molar-refractivity contribution is 6.57. The van der Waals surface area contributed by atoms with Crippen molar-refractivity contribution >= 4 is 12.7 Å². The zero-order chi connectivity index (χ0) is 14.3. The smallest absolute Gasteiger partial charge is 0.487 e. The van der Waals surface area contributed by atoms with Gasteiger partial charge in [0.05, 0.1) is 5.59 Å². The van der Waals surface area contributed by atoms with E-state index >= 15 is 0 Å². The maximum Gasteiger partial charge on any atom is 0.508 e. The Balaban J connectivity index is 2.85. The minimum Gasteiger partial charge on any atom is -0.487 e. The van der Waals surface area contributed by atoms with Crippen molar-refractivity contribution in [2.24, 2.45) is 0 Å². The van der Waals surface area contributed by atoms with Crippen LogP contribution in [0.25, 0.3) is 0 Å². The Morgan fingerprint density at radius 3 is 2.74 bits per heavy atom. The Kier molecular flexibility index (Phi) is 6.29. The topological polar surface area (TPSA) is 95.6 Å². The van der Waals surface area contributed by atoms with Crippen LogP contribution < -0.4 is 10.3 Å². The number of pyridine rings is 1. The molecular weight excluding hydrogens is 247 g/mol. The molecule has 0 radical (unpaired) electrons. The van der Waals surface area contributed by atoms with E-state index in [1.807, 2.05) is 13.0 Å².